The lowest BCUT2D eigenvalue weighted by atomic mass is 9.79. The van der Waals surface area contributed by atoms with Gasteiger partial charge in [-0.25, -0.2) is 4.79 Å². The second-order valence-electron chi connectivity index (χ2n) is 5.85. The molecular weight excluding hydrogens is 202 g/mol. The van der Waals surface area contributed by atoms with Crippen LogP contribution in [-0.4, -0.2) is 37.1 Å². The van der Waals surface area contributed by atoms with Crippen molar-refractivity contribution in [3.05, 3.63) is 12.2 Å². The zero-order valence-electron chi connectivity index (χ0n) is 11.6. The Hall–Kier alpha value is -0.830. The highest BCUT2D eigenvalue weighted by molar-refractivity contribution is 5.82. The van der Waals surface area contributed by atoms with E-state index in [9.17, 15) is 4.79 Å². The molecule has 3 nitrogen and oxygen atoms in total. The van der Waals surface area contributed by atoms with E-state index in [2.05, 4.69) is 20.8 Å². The summed E-state index contributed by atoms with van der Waals surface area (Å²) in [7, 11) is 3.91. The predicted molar refractivity (Wildman–Crippen MR) is 67.3 cm³/mol. The average Bonchev–Trinajstić information content (AvgIpc) is 1.99. The molecule has 0 radical (unpaired) electrons. The minimum absolute atomic E-state index is 0.0714. The van der Waals surface area contributed by atoms with E-state index >= 15 is 0 Å². The number of ether oxygens (including phenoxy) is 1. The monoisotopic (exact) mass is 227 g/mol. The van der Waals surface area contributed by atoms with Crippen LogP contribution in [0.3, 0.4) is 0 Å². The number of nitrogens with zero attached hydrogens (tertiary/aromatic N) is 1. The van der Waals surface area contributed by atoms with Crippen molar-refractivity contribution in [2.45, 2.75) is 40.2 Å². The number of carbonyl (C=O) groups excluding carboxylic acids is 1. The molecule has 0 rings (SSSR count). The van der Waals surface area contributed by atoms with E-state index in [1.54, 1.807) is 6.08 Å². The molecule has 0 aliphatic carbocycles. The van der Waals surface area contributed by atoms with Crippen LogP contribution in [-0.2, 0) is 9.53 Å². The fourth-order valence-electron chi connectivity index (χ4n) is 0.798. The minimum atomic E-state index is -0.466. The van der Waals surface area contributed by atoms with Crippen molar-refractivity contribution >= 4 is 5.97 Å². The Morgan fingerprint density at radius 3 is 2.06 bits per heavy atom. The first-order chi connectivity index (χ1) is 7.06. The molecule has 0 bridgehead atoms. The van der Waals surface area contributed by atoms with E-state index in [0.29, 0.717) is 0 Å². The molecule has 0 N–H and O–H groups in total. The molecule has 0 spiro atoms. The van der Waals surface area contributed by atoms with Gasteiger partial charge in [0.25, 0.3) is 0 Å². The summed E-state index contributed by atoms with van der Waals surface area (Å²) in [5.74, 6) is -0.276. The topological polar surface area (TPSA) is 29.5 Å². The van der Waals surface area contributed by atoms with E-state index in [-0.39, 0.29) is 11.4 Å². The molecular formula is C13H25NO2. The average molecular weight is 227 g/mol. The van der Waals surface area contributed by atoms with Crippen molar-refractivity contribution in [1.29, 1.82) is 0 Å². The molecule has 0 aromatic heterocycles. The van der Waals surface area contributed by atoms with Gasteiger partial charge in [-0.3, -0.25) is 0 Å². The lowest BCUT2D eigenvalue weighted by molar-refractivity contribution is -0.160. The Bertz CT molecular complexity index is 260. The fourth-order valence-corrected chi connectivity index (χ4v) is 0.798. The van der Waals surface area contributed by atoms with Gasteiger partial charge in [0.2, 0.25) is 0 Å². The number of rotatable bonds is 4. The van der Waals surface area contributed by atoms with Gasteiger partial charge in [0.15, 0.2) is 0 Å². The molecule has 0 atom stereocenters. The highest BCUT2D eigenvalue weighted by atomic mass is 16.6. The van der Waals surface area contributed by atoms with Crippen LogP contribution in [0.15, 0.2) is 12.2 Å². The van der Waals surface area contributed by atoms with Gasteiger partial charge in [0.1, 0.15) is 5.60 Å². The van der Waals surface area contributed by atoms with E-state index in [1.807, 2.05) is 32.8 Å². The molecule has 0 aromatic carbocycles. The second kappa shape index (κ2) is 5.48. The van der Waals surface area contributed by atoms with Crippen molar-refractivity contribution < 1.29 is 9.53 Å². The Labute approximate surface area is 99.5 Å². The second-order valence-corrected chi connectivity index (χ2v) is 5.85. The molecule has 0 aromatic rings. The van der Waals surface area contributed by atoms with Crippen LogP contribution in [0.5, 0.6) is 0 Å². The van der Waals surface area contributed by atoms with Crippen LogP contribution in [0.1, 0.15) is 34.6 Å². The molecule has 0 saturated heterocycles. The van der Waals surface area contributed by atoms with Gasteiger partial charge in [-0.15, -0.1) is 0 Å². The maximum atomic E-state index is 11.6. The third-order valence-corrected chi connectivity index (χ3v) is 2.89. The normalized spacial score (nSPS) is 13.5. The summed E-state index contributed by atoms with van der Waals surface area (Å²) in [6.07, 6.45) is 3.30. The summed E-state index contributed by atoms with van der Waals surface area (Å²) in [5.41, 5.74) is -0.537. The van der Waals surface area contributed by atoms with Crippen molar-refractivity contribution in [3.63, 3.8) is 0 Å². The maximum absolute atomic E-state index is 11.6. The smallest absolute Gasteiger partial charge is 0.331 e. The molecule has 3 heteroatoms. The standard InChI is InChI=1S/C13H25NO2/c1-12(2,3)13(4,5)16-11(15)9-8-10-14(6)7/h8-9H,10H2,1-7H3/b9-8+. The number of esters is 1. The van der Waals surface area contributed by atoms with E-state index in [4.69, 9.17) is 4.74 Å². The fraction of sp³-hybridized carbons (Fsp3) is 0.769. The van der Waals surface area contributed by atoms with Crippen LogP contribution in [0, 0.1) is 5.41 Å². The first-order valence-electron chi connectivity index (χ1n) is 5.60. The van der Waals surface area contributed by atoms with Crippen molar-refractivity contribution in [2.75, 3.05) is 20.6 Å². The van der Waals surface area contributed by atoms with Crippen LogP contribution in [0.4, 0.5) is 0 Å². The molecule has 0 saturated carbocycles. The van der Waals surface area contributed by atoms with Crippen LogP contribution in [0.2, 0.25) is 0 Å². The third kappa shape index (κ3) is 5.31. The van der Waals surface area contributed by atoms with Crippen LogP contribution in [0.25, 0.3) is 0 Å². The van der Waals surface area contributed by atoms with Gasteiger partial charge in [-0.1, -0.05) is 26.8 Å². The summed E-state index contributed by atoms with van der Waals surface area (Å²) in [5, 5.41) is 0. The molecule has 16 heavy (non-hydrogen) atoms. The van der Waals surface area contributed by atoms with Crippen molar-refractivity contribution in [3.8, 4) is 0 Å². The van der Waals surface area contributed by atoms with Gasteiger partial charge in [0, 0.05) is 18.0 Å². The first kappa shape index (κ1) is 15.2. The quantitative estimate of drug-likeness (QED) is 0.546. The van der Waals surface area contributed by atoms with Gasteiger partial charge in [0.05, 0.1) is 0 Å². The number of likely N-dealkylation sites (N-methyl/N-ethyl adjacent to an activating group) is 1. The summed E-state index contributed by atoms with van der Waals surface area (Å²) >= 11 is 0. The maximum Gasteiger partial charge on any atom is 0.331 e. The van der Waals surface area contributed by atoms with E-state index < -0.39 is 5.60 Å². The van der Waals surface area contributed by atoms with Crippen LogP contribution >= 0.6 is 0 Å². The number of carbonyl (C=O) groups is 1. The summed E-state index contributed by atoms with van der Waals surface area (Å²) in [4.78, 5) is 13.5. The lowest BCUT2D eigenvalue weighted by Gasteiger charge is -2.37. The molecule has 0 aliphatic rings. The van der Waals surface area contributed by atoms with Crippen molar-refractivity contribution in [1.82, 2.24) is 4.90 Å². The Kier molecular flexibility index (Phi) is 5.20. The van der Waals surface area contributed by atoms with Gasteiger partial charge < -0.3 is 9.64 Å². The third-order valence-electron chi connectivity index (χ3n) is 2.89. The Balaban J connectivity index is 4.30. The minimum Gasteiger partial charge on any atom is -0.456 e. The predicted octanol–water partition coefficient (Wildman–Crippen LogP) is 2.47. The van der Waals surface area contributed by atoms with E-state index in [1.165, 1.54) is 6.08 Å². The Morgan fingerprint density at radius 2 is 1.69 bits per heavy atom. The highest BCUT2D eigenvalue weighted by Crippen LogP contribution is 2.32. The summed E-state index contributed by atoms with van der Waals surface area (Å²) in [6, 6.07) is 0. The van der Waals surface area contributed by atoms with Gasteiger partial charge in [-0.2, -0.15) is 0 Å². The summed E-state index contributed by atoms with van der Waals surface area (Å²) in [6.45, 7) is 10.8. The number of hydrogen-bond donors (Lipinski definition) is 0. The molecule has 0 fully saturated rings. The lowest BCUT2D eigenvalue weighted by Crippen LogP contribution is -2.40. The highest BCUT2D eigenvalue weighted by Gasteiger charge is 2.35. The molecule has 0 heterocycles. The van der Waals surface area contributed by atoms with Gasteiger partial charge in [-0.05, 0) is 27.9 Å². The Morgan fingerprint density at radius 1 is 1.19 bits per heavy atom. The number of hydrogen-bond acceptors (Lipinski definition) is 3. The van der Waals surface area contributed by atoms with Gasteiger partial charge >= 0.3 is 5.97 Å². The summed E-state index contributed by atoms with van der Waals surface area (Å²) < 4.78 is 5.44. The first-order valence-corrected chi connectivity index (χ1v) is 5.60. The molecule has 0 amide bonds. The zero-order valence-corrected chi connectivity index (χ0v) is 11.6. The SMILES string of the molecule is CN(C)C/C=C/C(=O)OC(C)(C)C(C)(C)C. The molecule has 94 valence electrons. The molecule has 0 unspecified atom stereocenters. The van der Waals surface area contributed by atoms with Crippen LogP contribution < -0.4 is 0 Å². The largest absolute Gasteiger partial charge is 0.456 e. The molecule has 0 aliphatic heterocycles. The zero-order chi connectivity index (χ0) is 13.0. The van der Waals surface area contributed by atoms with Crippen molar-refractivity contribution in [2.24, 2.45) is 5.41 Å². The van der Waals surface area contributed by atoms with E-state index in [0.717, 1.165) is 6.54 Å².